The Morgan fingerprint density at radius 2 is 2.36 bits per heavy atom. The van der Waals surface area contributed by atoms with Crippen LogP contribution < -0.4 is 10.6 Å². The Morgan fingerprint density at radius 3 is 3.00 bits per heavy atom. The molecule has 1 heterocycles. The first-order chi connectivity index (χ1) is 6.75. The third-order valence-electron chi connectivity index (χ3n) is 2.35. The zero-order chi connectivity index (χ0) is 9.97. The van der Waals surface area contributed by atoms with Crippen LogP contribution in [-0.4, -0.2) is 19.1 Å². The smallest absolute Gasteiger partial charge is 0.0398 e. The van der Waals surface area contributed by atoms with E-state index in [2.05, 4.69) is 67.4 Å². The molecule has 0 spiro atoms. The summed E-state index contributed by atoms with van der Waals surface area (Å²) in [6.45, 7) is 2.20. The molecule has 1 aromatic carbocycles. The zero-order valence-electron chi connectivity index (χ0n) is 7.69. The minimum Gasteiger partial charge on any atom is -0.381 e. The minimum atomic E-state index is 0.585. The Kier molecular flexibility index (Phi) is 3.67. The van der Waals surface area contributed by atoms with Crippen molar-refractivity contribution in [1.29, 1.82) is 0 Å². The average molecular weight is 367 g/mol. The van der Waals surface area contributed by atoms with E-state index in [1.165, 1.54) is 15.7 Å². The summed E-state index contributed by atoms with van der Waals surface area (Å²) in [5, 5.41) is 6.86. The topological polar surface area (TPSA) is 24.1 Å². The summed E-state index contributed by atoms with van der Waals surface area (Å²) in [7, 11) is 0. The van der Waals surface area contributed by atoms with Crippen LogP contribution in [0.2, 0.25) is 0 Å². The Balaban J connectivity index is 2.05. The third kappa shape index (κ3) is 2.61. The van der Waals surface area contributed by atoms with Crippen LogP contribution in [0.3, 0.4) is 0 Å². The van der Waals surface area contributed by atoms with Crippen LogP contribution in [0, 0.1) is 3.57 Å². The van der Waals surface area contributed by atoms with Crippen molar-refractivity contribution < 1.29 is 0 Å². The molecule has 1 aliphatic heterocycles. The molecule has 0 bridgehead atoms. The monoisotopic (exact) mass is 366 g/mol. The van der Waals surface area contributed by atoms with Crippen LogP contribution in [0.15, 0.2) is 22.7 Å². The molecule has 1 saturated heterocycles. The van der Waals surface area contributed by atoms with Crippen molar-refractivity contribution in [1.82, 2.24) is 5.32 Å². The highest BCUT2D eigenvalue weighted by atomic mass is 127. The van der Waals surface area contributed by atoms with Crippen molar-refractivity contribution in [2.45, 2.75) is 12.5 Å². The fourth-order valence-electron chi connectivity index (χ4n) is 1.60. The molecule has 1 aromatic rings. The van der Waals surface area contributed by atoms with Gasteiger partial charge in [-0.1, -0.05) is 0 Å². The van der Waals surface area contributed by atoms with Crippen molar-refractivity contribution in [2.24, 2.45) is 0 Å². The summed E-state index contributed by atoms with van der Waals surface area (Å²) in [6, 6.07) is 6.97. The van der Waals surface area contributed by atoms with Crippen molar-refractivity contribution in [3.8, 4) is 0 Å². The molecule has 1 aliphatic rings. The van der Waals surface area contributed by atoms with E-state index < -0.39 is 0 Å². The molecule has 14 heavy (non-hydrogen) atoms. The molecule has 0 aromatic heterocycles. The second-order valence-corrected chi connectivity index (χ2v) is 5.48. The Morgan fingerprint density at radius 1 is 1.50 bits per heavy atom. The zero-order valence-corrected chi connectivity index (χ0v) is 11.4. The molecule has 1 atom stereocenters. The van der Waals surface area contributed by atoms with Crippen LogP contribution >= 0.6 is 38.5 Å². The lowest BCUT2D eigenvalue weighted by atomic mass is 10.2. The highest BCUT2D eigenvalue weighted by molar-refractivity contribution is 14.1. The van der Waals surface area contributed by atoms with Gasteiger partial charge in [-0.2, -0.15) is 0 Å². The van der Waals surface area contributed by atoms with E-state index in [4.69, 9.17) is 0 Å². The first-order valence-electron chi connectivity index (χ1n) is 4.68. The molecule has 0 saturated carbocycles. The Labute approximate surface area is 106 Å². The van der Waals surface area contributed by atoms with Crippen molar-refractivity contribution >= 4 is 44.2 Å². The largest absolute Gasteiger partial charge is 0.381 e. The molecule has 2 N–H and O–H groups in total. The Bertz CT molecular complexity index is 324. The first-order valence-corrected chi connectivity index (χ1v) is 6.55. The lowest BCUT2D eigenvalue weighted by Gasteiger charge is -2.13. The highest BCUT2D eigenvalue weighted by Crippen LogP contribution is 2.23. The van der Waals surface area contributed by atoms with Crippen molar-refractivity contribution in [3.05, 3.63) is 26.2 Å². The molecule has 2 nitrogen and oxygen atoms in total. The van der Waals surface area contributed by atoms with Gasteiger partial charge < -0.3 is 10.6 Å². The van der Waals surface area contributed by atoms with Gasteiger partial charge in [-0.25, -0.2) is 0 Å². The number of hydrogen-bond acceptors (Lipinski definition) is 2. The molecular weight excluding hydrogens is 355 g/mol. The van der Waals surface area contributed by atoms with Crippen molar-refractivity contribution in [3.63, 3.8) is 0 Å². The fraction of sp³-hybridized carbons (Fsp3) is 0.400. The average Bonchev–Trinajstić information content (AvgIpc) is 2.64. The molecule has 1 fully saturated rings. The van der Waals surface area contributed by atoms with Crippen LogP contribution in [0.4, 0.5) is 5.69 Å². The Hall–Kier alpha value is 0.190. The maximum atomic E-state index is 3.53. The number of rotatable bonds is 2. The van der Waals surface area contributed by atoms with E-state index in [0.717, 1.165) is 17.6 Å². The van der Waals surface area contributed by atoms with Crippen LogP contribution in [0.1, 0.15) is 6.42 Å². The van der Waals surface area contributed by atoms with E-state index in [1.54, 1.807) is 0 Å². The van der Waals surface area contributed by atoms with Gasteiger partial charge in [0.15, 0.2) is 0 Å². The number of nitrogens with one attached hydrogen (secondary N) is 2. The molecule has 1 unspecified atom stereocenters. The molecule has 0 aliphatic carbocycles. The standard InChI is InChI=1S/C10H12BrIN2/c11-9-5-7(1-2-10(9)12)14-8-3-4-13-6-8/h1-2,5,8,13-14H,3-4,6H2. The summed E-state index contributed by atoms with van der Waals surface area (Å²) in [5.41, 5.74) is 1.20. The lowest BCUT2D eigenvalue weighted by molar-refractivity contribution is 0.793. The van der Waals surface area contributed by atoms with Gasteiger partial charge in [0.25, 0.3) is 0 Å². The van der Waals surface area contributed by atoms with Crippen LogP contribution in [0.5, 0.6) is 0 Å². The van der Waals surface area contributed by atoms with Gasteiger partial charge in [-0.3, -0.25) is 0 Å². The maximum Gasteiger partial charge on any atom is 0.0398 e. The van der Waals surface area contributed by atoms with Crippen LogP contribution in [0.25, 0.3) is 0 Å². The van der Waals surface area contributed by atoms with E-state index in [-0.39, 0.29) is 0 Å². The first kappa shape index (κ1) is 10.7. The maximum absolute atomic E-state index is 3.53. The summed E-state index contributed by atoms with van der Waals surface area (Å²) >= 11 is 5.85. The van der Waals surface area contributed by atoms with Crippen molar-refractivity contribution in [2.75, 3.05) is 18.4 Å². The molecule has 0 radical (unpaired) electrons. The molecule has 76 valence electrons. The van der Waals surface area contributed by atoms with Gasteiger partial charge in [-0.05, 0) is 69.7 Å². The summed E-state index contributed by atoms with van der Waals surface area (Å²) in [6.07, 6.45) is 1.21. The number of hydrogen-bond donors (Lipinski definition) is 2. The fourth-order valence-corrected chi connectivity index (χ4v) is 2.31. The van der Waals surface area contributed by atoms with E-state index in [0.29, 0.717) is 6.04 Å². The second kappa shape index (κ2) is 4.81. The third-order valence-corrected chi connectivity index (χ3v) is 4.69. The van der Waals surface area contributed by atoms with Gasteiger partial charge in [0.05, 0.1) is 0 Å². The van der Waals surface area contributed by atoms with E-state index >= 15 is 0 Å². The number of benzene rings is 1. The normalized spacial score (nSPS) is 21.1. The van der Waals surface area contributed by atoms with Crippen LogP contribution in [-0.2, 0) is 0 Å². The van der Waals surface area contributed by atoms with E-state index in [9.17, 15) is 0 Å². The summed E-state index contributed by atoms with van der Waals surface area (Å²) < 4.78 is 2.41. The van der Waals surface area contributed by atoms with Gasteiger partial charge in [0.1, 0.15) is 0 Å². The minimum absolute atomic E-state index is 0.585. The summed E-state index contributed by atoms with van der Waals surface area (Å²) in [5.74, 6) is 0. The predicted octanol–water partition coefficient (Wildman–Crippen LogP) is 2.83. The van der Waals surface area contributed by atoms with Gasteiger partial charge in [0.2, 0.25) is 0 Å². The second-order valence-electron chi connectivity index (χ2n) is 3.46. The predicted molar refractivity (Wildman–Crippen MR) is 71.8 cm³/mol. The summed E-state index contributed by atoms with van der Waals surface area (Å²) in [4.78, 5) is 0. The molecule has 2 rings (SSSR count). The number of halogens is 2. The molecule has 0 amide bonds. The highest BCUT2D eigenvalue weighted by Gasteiger charge is 2.13. The quantitative estimate of drug-likeness (QED) is 0.786. The van der Waals surface area contributed by atoms with Gasteiger partial charge in [-0.15, -0.1) is 0 Å². The molecular formula is C10H12BrIN2. The molecule has 4 heteroatoms. The van der Waals surface area contributed by atoms with Gasteiger partial charge >= 0.3 is 0 Å². The van der Waals surface area contributed by atoms with E-state index in [1.807, 2.05) is 0 Å². The lowest BCUT2D eigenvalue weighted by Crippen LogP contribution is -2.21. The SMILES string of the molecule is Brc1cc(NC2CCNC2)ccc1I. The number of anilines is 1. The van der Waals surface area contributed by atoms with Gasteiger partial charge in [0, 0.05) is 26.3 Å².